The minimum atomic E-state index is -0.891. The van der Waals surface area contributed by atoms with Gasteiger partial charge in [-0.1, -0.05) is 34.9 Å². The van der Waals surface area contributed by atoms with Crippen LogP contribution in [0.4, 0.5) is 43.4 Å². The van der Waals surface area contributed by atoms with Crippen molar-refractivity contribution in [1.29, 1.82) is 0 Å². The van der Waals surface area contributed by atoms with Gasteiger partial charge in [-0.3, -0.25) is 32.5 Å². The summed E-state index contributed by atoms with van der Waals surface area (Å²) in [5, 5.41) is 0. The summed E-state index contributed by atoms with van der Waals surface area (Å²) in [6, 6.07) is 18.8. The second-order valence-corrected chi connectivity index (χ2v) is 11.8. The zero-order valence-corrected chi connectivity index (χ0v) is 31.1. The van der Waals surface area contributed by atoms with E-state index < -0.39 is 34.9 Å². The third kappa shape index (κ3) is 9.12. The van der Waals surface area contributed by atoms with Gasteiger partial charge in [0.25, 0.3) is 0 Å². The first kappa shape index (κ1) is 39.5. The van der Waals surface area contributed by atoms with E-state index in [1.807, 2.05) is 50.1 Å². The van der Waals surface area contributed by atoms with Crippen LogP contribution in [0.5, 0.6) is 0 Å². The van der Waals surface area contributed by atoms with Crippen LogP contribution in [-0.4, -0.2) is 62.2 Å². The summed E-state index contributed by atoms with van der Waals surface area (Å²) in [4.78, 5) is 21.8. The quantitative estimate of drug-likeness (QED) is 0.118. The maximum absolute atomic E-state index is 14.4. The van der Waals surface area contributed by atoms with Gasteiger partial charge in [-0.15, -0.1) is 18.2 Å². The number of aromatic nitrogens is 4. The van der Waals surface area contributed by atoms with Crippen LogP contribution in [0, 0.1) is 47.0 Å². The number of hydrogen-bond acceptors (Lipinski definition) is 7. The average molecular weight is 892 g/mol. The fraction of sp³-hybridized carbons (Fsp3) is 0.158. The van der Waals surface area contributed by atoms with Crippen molar-refractivity contribution >= 4 is 17.1 Å². The Bertz CT molecular complexity index is 2050. The summed E-state index contributed by atoms with van der Waals surface area (Å²) in [6.07, 6.45) is 4.05. The van der Waals surface area contributed by atoms with Gasteiger partial charge in [0, 0.05) is 121 Å². The molecule has 6 aromatic rings. The molecule has 0 aliphatic heterocycles. The molecule has 0 aliphatic rings. The number of rotatable bonds is 7. The molecule has 0 aliphatic carbocycles. The molecule has 271 valence electrons. The molecule has 14 heteroatoms. The molecule has 4 aromatic heterocycles. The van der Waals surface area contributed by atoms with Crippen molar-refractivity contribution in [2.75, 3.05) is 57.0 Å². The van der Waals surface area contributed by atoms with Gasteiger partial charge in [-0.25, -0.2) is 13.8 Å². The molecule has 0 bridgehead atoms. The van der Waals surface area contributed by atoms with E-state index in [9.17, 15) is 26.3 Å². The summed E-state index contributed by atoms with van der Waals surface area (Å²) >= 11 is 0. The summed E-state index contributed by atoms with van der Waals surface area (Å²) in [5.74, 6) is -4.74. The first-order chi connectivity index (χ1) is 24.2. The number of halogens is 6. The van der Waals surface area contributed by atoms with E-state index in [-0.39, 0.29) is 53.9 Å². The van der Waals surface area contributed by atoms with Gasteiger partial charge < -0.3 is 14.7 Å². The van der Waals surface area contributed by atoms with Gasteiger partial charge in [0.05, 0.1) is 23.5 Å². The van der Waals surface area contributed by atoms with Crippen LogP contribution >= 0.6 is 0 Å². The zero-order valence-electron chi connectivity index (χ0n) is 28.7. The number of benzene rings is 2. The summed E-state index contributed by atoms with van der Waals surface area (Å²) in [7, 11) is 11.0. The molecule has 0 fully saturated rings. The molecule has 52 heavy (non-hydrogen) atoms. The van der Waals surface area contributed by atoms with Crippen molar-refractivity contribution in [1.82, 2.24) is 19.9 Å². The predicted octanol–water partition coefficient (Wildman–Crippen LogP) is 8.25. The topological polar surface area (TPSA) is 61.3 Å². The van der Waals surface area contributed by atoms with Crippen molar-refractivity contribution in [3.63, 3.8) is 0 Å². The summed E-state index contributed by atoms with van der Waals surface area (Å²) in [6.45, 7) is 0. The molecular formula is C38H31F6IrN7-2. The van der Waals surface area contributed by atoms with Crippen LogP contribution in [0.25, 0.3) is 45.2 Å². The first-order valence-electron chi connectivity index (χ1n) is 15.3. The molecule has 0 atom stereocenters. The van der Waals surface area contributed by atoms with Gasteiger partial charge >= 0.3 is 0 Å². The SMILES string of the molecule is CN(C)c1cc(-c2[c-]cc(F)cc2F)nc(-c2ncc(F)cc2F)c1.CN(C)c1ccnc(-c2[c-]c(-c3cc(N(C)C)ccn3)c(F)cc2F)c1.[Ir]. The van der Waals surface area contributed by atoms with Gasteiger partial charge in [0.2, 0.25) is 0 Å². The van der Waals surface area contributed by atoms with E-state index in [4.69, 9.17) is 0 Å². The van der Waals surface area contributed by atoms with E-state index in [2.05, 4.69) is 32.1 Å². The number of anilines is 3. The maximum atomic E-state index is 14.4. The maximum Gasteiger partial charge on any atom is 0.153 e. The summed E-state index contributed by atoms with van der Waals surface area (Å²) < 4.78 is 83.2. The molecule has 0 N–H and O–H groups in total. The smallest absolute Gasteiger partial charge is 0.153 e. The largest absolute Gasteiger partial charge is 0.378 e. The van der Waals surface area contributed by atoms with Crippen molar-refractivity contribution in [2.24, 2.45) is 0 Å². The van der Waals surface area contributed by atoms with E-state index in [1.54, 1.807) is 49.6 Å². The number of hydrogen-bond donors (Lipinski definition) is 0. The molecule has 7 nitrogen and oxygen atoms in total. The normalized spacial score (nSPS) is 10.5. The first-order valence-corrected chi connectivity index (χ1v) is 15.3. The summed E-state index contributed by atoms with van der Waals surface area (Å²) in [5.41, 5.74) is 3.30. The molecule has 4 heterocycles. The number of pyridine rings is 4. The Kier molecular flexibility index (Phi) is 12.7. The van der Waals surface area contributed by atoms with E-state index in [0.29, 0.717) is 29.2 Å². The second kappa shape index (κ2) is 16.8. The average Bonchev–Trinajstić information content (AvgIpc) is 3.08. The molecule has 0 unspecified atom stereocenters. The van der Waals surface area contributed by atoms with Crippen LogP contribution in [0.1, 0.15) is 0 Å². The standard InChI is InChI=1S/C20H19F2N4.C18H12F4N3.Ir/c1-25(2)13-5-7-23-19(9-13)15-11-16(18(22)12-17(15)21)20-10-14(26(3)4)6-8-24-20;1-25(2)12-7-16(13-4-3-10(19)5-14(13)21)24-17(8-12)18-15(22)6-11(20)9-23-18;/h5-10,12H,1-4H3;3,5-9H,1-2H3;/q2*-1;. The monoisotopic (exact) mass is 892 g/mol. The van der Waals surface area contributed by atoms with Crippen LogP contribution in [0.2, 0.25) is 0 Å². The van der Waals surface area contributed by atoms with Gasteiger partial charge in [-0.2, -0.15) is 0 Å². The second-order valence-electron chi connectivity index (χ2n) is 11.8. The molecule has 2 aromatic carbocycles. The Balaban J connectivity index is 0.000000228. The van der Waals surface area contributed by atoms with Crippen LogP contribution in [0.15, 0.2) is 79.3 Å². The van der Waals surface area contributed by atoms with Crippen molar-refractivity contribution in [3.05, 3.63) is 126 Å². The van der Waals surface area contributed by atoms with Gasteiger partial charge in [0.15, 0.2) is 5.82 Å². The third-order valence-corrected chi connectivity index (χ3v) is 7.50. The van der Waals surface area contributed by atoms with Crippen LogP contribution in [-0.2, 0) is 20.1 Å². The van der Waals surface area contributed by atoms with Crippen molar-refractivity contribution in [2.45, 2.75) is 0 Å². The minimum absolute atomic E-state index is 0. The van der Waals surface area contributed by atoms with E-state index in [1.165, 1.54) is 6.07 Å². The molecular weight excluding hydrogens is 861 g/mol. The molecule has 0 amide bonds. The zero-order chi connectivity index (χ0) is 37.0. The van der Waals surface area contributed by atoms with Gasteiger partial charge in [0.1, 0.15) is 11.5 Å². The third-order valence-electron chi connectivity index (χ3n) is 7.50. The molecule has 6 rings (SSSR count). The molecule has 0 saturated heterocycles. The van der Waals surface area contributed by atoms with E-state index in [0.717, 1.165) is 29.7 Å². The molecule has 0 spiro atoms. The Hall–Kier alpha value is -5.33. The van der Waals surface area contributed by atoms with Gasteiger partial charge in [-0.05, 0) is 36.0 Å². The Morgan fingerprint density at radius 1 is 0.500 bits per heavy atom. The van der Waals surface area contributed by atoms with Crippen LogP contribution in [0.3, 0.4) is 0 Å². The predicted molar refractivity (Wildman–Crippen MR) is 186 cm³/mol. The Morgan fingerprint density at radius 2 is 0.981 bits per heavy atom. The Labute approximate surface area is 311 Å². The Morgan fingerprint density at radius 3 is 1.48 bits per heavy atom. The van der Waals surface area contributed by atoms with Crippen molar-refractivity contribution in [3.8, 4) is 45.2 Å². The van der Waals surface area contributed by atoms with Crippen molar-refractivity contribution < 1.29 is 46.4 Å². The minimum Gasteiger partial charge on any atom is -0.378 e. The fourth-order valence-electron chi connectivity index (χ4n) is 4.81. The van der Waals surface area contributed by atoms with Crippen LogP contribution < -0.4 is 14.7 Å². The number of nitrogens with zero attached hydrogens (tertiary/aromatic N) is 7. The fourth-order valence-corrected chi connectivity index (χ4v) is 4.81. The molecule has 0 saturated carbocycles. The van der Waals surface area contributed by atoms with E-state index >= 15 is 0 Å². The molecule has 1 radical (unpaired) electrons.